The molecule has 19 heavy (non-hydrogen) atoms. The van der Waals surface area contributed by atoms with Gasteiger partial charge in [-0.2, -0.15) is 0 Å². The highest BCUT2D eigenvalue weighted by Crippen LogP contribution is 2.26. The van der Waals surface area contributed by atoms with Crippen LogP contribution < -0.4 is 0 Å². The fourth-order valence-corrected chi connectivity index (χ4v) is 2.78. The second-order valence-corrected chi connectivity index (χ2v) is 5.31. The van der Waals surface area contributed by atoms with Gasteiger partial charge in [0.25, 0.3) is 0 Å². The summed E-state index contributed by atoms with van der Waals surface area (Å²) in [5.74, 6) is -1.21. The number of carbonyl (C=O) groups is 1. The summed E-state index contributed by atoms with van der Waals surface area (Å²) >= 11 is 5.95. The lowest BCUT2D eigenvalue weighted by Gasteiger charge is -2.35. The molecule has 0 spiro atoms. The standard InChI is InChI=1S/C14H17ClFNO2/c15-14-10(4-3-6-12(14)16)9-17-7-2-1-5-11(17)8-13(18)19/h3-4,6,11H,1-2,5,7-9H2,(H,18,19). The van der Waals surface area contributed by atoms with Crippen LogP contribution >= 0.6 is 11.6 Å². The van der Waals surface area contributed by atoms with Crippen molar-refractivity contribution in [2.75, 3.05) is 6.54 Å². The molecule has 1 fully saturated rings. The van der Waals surface area contributed by atoms with Crippen LogP contribution in [0.5, 0.6) is 0 Å². The average Bonchev–Trinajstić information content (AvgIpc) is 2.36. The van der Waals surface area contributed by atoms with E-state index < -0.39 is 11.8 Å². The van der Waals surface area contributed by atoms with E-state index in [4.69, 9.17) is 16.7 Å². The number of piperidine rings is 1. The van der Waals surface area contributed by atoms with Crippen molar-refractivity contribution < 1.29 is 14.3 Å². The Morgan fingerprint density at radius 3 is 3.00 bits per heavy atom. The van der Waals surface area contributed by atoms with Crippen LogP contribution in [0.15, 0.2) is 18.2 Å². The number of aliphatic carboxylic acids is 1. The first-order valence-electron chi connectivity index (χ1n) is 6.46. The summed E-state index contributed by atoms with van der Waals surface area (Å²) in [6.45, 7) is 1.35. The number of rotatable bonds is 4. The van der Waals surface area contributed by atoms with Crippen molar-refractivity contribution in [2.45, 2.75) is 38.3 Å². The van der Waals surface area contributed by atoms with E-state index in [1.807, 2.05) is 0 Å². The molecule has 1 heterocycles. The summed E-state index contributed by atoms with van der Waals surface area (Å²) in [6, 6.07) is 4.77. The van der Waals surface area contributed by atoms with Crippen molar-refractivity contribution in [1.29, 1.82) is 0 Å². The molecule has 1 aromatic carbocycles. The molecule has 1 saturated heterocycles. The van der Waals surface area contributed by atoms with Gasteiger partial charge in [-0.05, 0) is 31.0 Å². The third-order valence-electron chi connectivity index (χ3n) is 3.56. The van der Waals surface area contributed by atoms with E-state index in [9.17, 15) is 9.18 Å². The summed E-state index contributed by atoms with van der Waals surface area (Å²) in [4.78, 5) is 13.0. The van der Waals surface area contributed by atoms with Gasteiger partial charge in [0.1, 0.15) is 5.82 Å². The van der Waals surface area contributed by atoms with Gasteiger partial charge in [-0.25, -0.2) is 4.39 Å². The van der Waals surface area contributed by atoms with Gasteiger partial charge in [0.05, 0.1) is 11.4 Å². The first kappa shape index (κ1) is 14.3. The molecular formula is C14H17ClFNO2. The molecule has 3 nitrogen and oxygen atoms in total. The first-order chi connectivity index (χ1) is 9.08. The van der Waals surface area contributed by atoms with Gasteiger partial charge in [0, 0.05) is 12.6 Å². The minimum Gasteiger partial charge on any atom is -0.481 e. The third-order valence-corrected chi connectivity index (χ3v) is 3.99. The van der Waals surface area contributed by atoms with E-state index in [-0.39, 0.29) is 17.5 Å². The van der Waals surface area contributed by atoms with Crippen LogP contribution in [0.1, 0.15) is 31.2 Å². The van der Waals surface area contributed by atoms with Crippen LogP contribution in [-0.2, 0) is 11.3 Å². The predicted molar refractivity (Wildman–Crippen MR) is 71.7 cm³/mol. The Morgan fingerprint density at radius 1 is 1.47 bits per heavy atom. The fraction of sp³-hybridized carbons (Fsp3) is 0.500. The minimum absolute atomic E-state index is 0.0191. The van der Waals surface area contributed by atoms with E-state index in [0.29, 0.717) is 6.54 Å². The highest BCUT2D eigenvalue weighted by Gasteiger charge is 2.25. The quantitative estimate of drug-likeness (QED) is 0.923. The summed E-state index contributed by atoms with van der Waals surface area (Å²) in [7, 11) is 0. The van der Waals surface area contributed by atoms with Gasteiger partial charge < -0.3 is 5.11 Å². The number of carboxylic acids is 1. The van der Waals surface area contributed by atoms with Crippen molar-refractivity contribution in [1.82, 2.24) is 4.90 Å². The molecule has 0 saturated carbocycles. The molecule has 2 rings (SSSR count). The van der Waals surface area contributed by atoms with E-state index in [0.717, 1.165) is 31.4 Å². The molecule has 1 aliphatic heterocycles. The van der Waals surface area contributed by atoms with Gasteiger partial charge in [-0.15, -0.1) is 0 Å². The van der Waals surface area contributed by atoms with Crippen LogP contribution in [-0.4, -0.2) is 28.6 Å². The van der Waals surface area contributed by atoms with E-state index >= 15 is 0 Å². The molecule has 0 amide bonds. The highest BCUT2D eigenvalue weighted by molar-refractivity contribution is 6.31. The highest BCUT2D eigenvalue weighted by atomic mass is 35.5. The van der Waals surface area contributed by atoms with Crippen molar-refractivity contribution in [2.24, 2.45) is 0 Å². The molecular weight excluding hydrogens is 269 g/mol. The van der Waals surface area contributed by atoms with Gasteiger partial charge in [-0.1, -0.05) is 30.2 Å². The zero-order chi connectivity index (χ0) is 13.8. The second kappa shape index (κ2) is 6.35. The first-order valence-corrected chi connectivity index (χ1v) is 6.84. The number of hydrogen-bond acceptors (Lipinski definition) is 2. The molecule has 104 valence electrons. The molecule has 5 heteroatoms. The van der Waals surface area contributed by atoms with Crippen LogP contribution in [0.25, 0.3) is 0 Å². The maximum Gasteiger partial charge on any atom is 0.304 e. The molecule has 1 N–H and O–H groups in total. The molecule has 1 aliphatic rings. The van der Waals surface area contributed by atoms with Gasteiger partial charge >= 0.3 is 5.97 Å². The number of carboxylic acid groups (broad SMARTS) is 1. The maximum atomic E-state index is 13.4. The van der Waals surface area contributed by atoms with Crippen molar-refractivity contribution in [3.05, 3.63) is 34.6 Å². The van der Waals surface area contributed by atoms with Crippen LogP contribution in [0, 0.1) is 5.82 Å². The second-order valence-electron chi connectivity index (χ2n) is 4.93. The van der Waals surface area contributed by atoms with Crippen molar-refractivity contribution in [3.63, 3.8) is 0 Å². The van der Waals surface area contributed by atoms with Crippen LogP contribution in [0.4, 0.5) is 4.39 Å². The lowest BCUT2D eigenvalue weighted by molar-refractivity contribution is -0.138. The Morgan fingerprint density at radius 2 is 2.26 bits per heavy atom. The van der Waals surface area contributed by atoms with Crippen LogP contribution in [0.2, 0.25) is 5.02 Å². The van der Waals surface area contributed by atoms with Gasteiger partial charge in [0.2, 0.25) is 0 Å². The predicted octanol–water partition coefficient (Wildman–Crippen LogP) is 3.31. The topological polar surface area (TPSA) is 40.5 Å². The number of benzene rings is 1. The minimum atomic E-state index is -0.790. The zero-order valence-electron chi connectivity index (χ0n) is 10.6. The Labute approximate surface area is 117 Å². The molecule has 0 aliphatic carbocycles. The molecule has 0 bridgehead atoms. The molecule has 0 aromatic heterocycles. The van der Waals surface area contributed by atoms with E-state index in [2.05, 4.69) is 4.90 Å². The Kier molecular flexibility index (Phi) is 4.77. The average molecular weight is 286 g/mol. The van der Waals surface area contributed by atoms with Gasteiger partial charge in [0.15, 0.2) is 0 Å². The number of hydrogen-bond donors (Lipinski definition) is 1. The third kappa shape index (κ3) is 3.67. The molecule has 0 radical (unpaired) electrons. The Balaban J connectivity index is 2.10. The lowest BCUT2D eigenvalue weighted by Crippen LogP contribution is -2.40. The lowest BCUT2D eigenvalue weighted by atomic mass is 9.98. The SMILES string of the molecule is O=C(O)CC1CCCCN1Cc1cccc(F)c1Cl. The molecule has 1 unspecified atom stereocenters. The van der Waals surface area contributed by atoms with Crippen molar-refractivity contribution >= 4 is 17.6 Å². The summed E-state index contributed by atoms with van der Waals surface area (Å²) in [5.41, 5.74) is 0.721. The number of nitrogens with zero attached hydrogens (tertiary/aromatic N) is 1. The largest absolute Gasteiger partial charge is 0.481 e. The number of halogens is 2. The smallest absolute Gasteiger partial charge is 0.304 e. The van der Waals surface area contributed by atoms with E-state index in [1.54, 1.807) is 12.1 Å². The van der Waals surface area contributed by atoms with Gasteiger partial charge in [-0.3, -0.25) is 9.69 Å². The molecule has 1 atom stereocenters. The Hall–Kier alpha value is -1.13. The summed E-state index contributed by atoms with van der Waals surface area (Å²) in [5, 5.41) is 9.08. The maximum absolute atomic E-state index is 13.4. The molecule has 1 aromatic rings. The van der Waals surface area contributed by atoms with Crippen molar-refractivity contribution in [3.8, 4) is 0 Å². The monoisotopic (exact) mass is 285 g/mol. The normalized spacial score (nSPS) is 20.4. The number of likely N-dealkylation sites (tertiary alicyclic amines) is 1. The Bertz CT molecular complexity index is 467. The summed E-state index contributed by atoms with van der Waals surface area (Å²) < 4.78 is 13.4. The summed E-state index contributed by atoms with van der Waals surface area (Å²) in [6.07, 6.45) is 3.10. The van der Waals surface area contributed by atoms with E-state index in [1.165, 1.54) is 6.07 Å². The zero-order valence-corrected chi connectivity index (χ0v) is 11.4. The fourth-order valence-electron chi connectivity index (χ4n) is 2.59. The van der Waals surface area contributed by atoms with Crippen LogP contribution in [0.3, 0.4) is 0 Å².